The minimum absolute atomic E-state index is 0.207. The molecule has 0 bridgehead atoms. The standard InChI is InChI=1S/C11H12FIN2S/c1-7-5-14-11(16-6-7)15-10-3-2-8(12)4-9(10)13/h2-4,7H,5-6H2,1H3,(H,14,15). The van der Waals surface area contributed by atoms with Crippen molar-refractivity contribution in [3.8, 4) is 0 Å². The molecule has 1 aliphatic heterocycles. The molecular weight excluding hydrogens is 338 g/mol. The van der Waals surface area contributed by atoms with Crippen LogP contribution >= 0.6 is 34.4 Å². The number of amidine groups is 1. The summed E-state index contributed by atoms with van der Waals surface area (Å²) in [5, 5.41) is 4.17. The Bertz CT molecular complexity index is 422. The van der Waals surface area contributed by atoms with Gasteiger partial charge in [0.1, 0.15) is 5.82 Å². The van der Waals surface area contributed by atoms with Gasteiger partial charge in [-0.2, -0.15) is 0 Å². The highest BCUT2D eigenvalue weighted by atomic mass is 127. The first-order chi connectivity index (χ1) is 7.65. The summed E-state index contributed by atoms with van der Waals surface area (Å²) in [5.74, 6) is 1.52. The quantitative estimate of drug-likeness (QED) is 0.783. The van der Waals surface area contributed by atoms with Crippen LogP contribution < -0.4 is 5.32 Å². The van der Waals surface area contributed by atoms with Gasteiger partial charge < -0.3 is 5.32 Å². The van der Waals surface area contributed by atoms with Crippen molar-refractivity contribution < 1.29 is 4.39 Å². The Hall–Kier alpha value is -0.300. The highest BCUT2D eigenvalue weighted by Gasteiger charge is 2.13. The van der Waals surface area contributed by atoms with Crippen LogP contribution in [-0.2, 0) is 0 Å². The Kier molecular flexibility index (Phi) is 4.07. The maximum atomic E-state index is 12.9. The van der Waals surface area contributed by atoms with Gasteiger partial charge in [-0.05, 0) is 46.7 Å². The third-order valence-corrected chi connectivity index (χ3v) is 4.36. The van der Waals surface area contributed by atoms with E-state index in [4.69, 9.17) is 0 Å². The summed E-state index contributed by atoms with van der Waals surface area (Å²) in [4.78, 5) is 4.44. The molecule has 1 unspecified atom stereocenters. The molecule has 1 aromatic carbocycles. The third-order valence-electron chi connectivity index (χ3n) is 2.22. The molecule has 1 aliphatic rings. The summed E-state index contributed by atoms with van der Waals surface area (Å²) in [6.45, 7) is 3.06. The predicted molar refractivity (Wildman–Crippen MR) is 76.7 cm³/mol. The smallest absolute Gasteiger partial charge is 0.161 e. The van der Waals surface area contributed by atoms with E-state index in [1.165, 1.54) is 12.1 Å². The van der Waals surface area contributed by atoms with E-state index >= 15 is 0 Å². The first-order valence-corrected chi connectivity index (χ1v) is 7.11. The van der Waals surface area contributed by atoms with Gasteiger partial charge in [0.2, 0.25) is 0 Å². The first-order valence-electron chi connectivity index (χ1n) is 5.04. The van der Waals surface area contributed by atoms with E-state index < -0.39 is 0 Å². The number of thioether (sulfide) groups is 1. The number of anilines is 1. The molecule has 2 rings (SSSR count). The van der Waals surface area contributed by atoms with E-state index in [0.717, 1.165) is 26.7 Å². The zero-order valence-corrected chi connectivity index (χ0v) is 11.8. The number of benzene rings is 1. The molecule has 0 spiro atoms. The average Bonchev–Trinajstić information content (AvgIpc) is 2.25. The van der Waals surface area contributed by atoms with Gasteiger partial charge in [-0.25, -0.2) is 4.39 Å². The zero-order chi connectivity index (χ0) is 11.5. The Labute approximate surface area is 112 Å². The molecule has 1 aromatic rings. The molecule has 1 N–H and O–H groups in total. The van der Waals surface area contributed by atoms with Crippen molar-refractivity contribution in [2.45, 2.75) is 6.92 Å². The summed E-state index contributed by atoms with van der Waals surface area (Å²) in [6.07, 6.45) is 0. The molecule has 0 fully saturated rings. The van der Waals surface area contributed by atoms with E-state index in [1.54, 1.807) is 17.8 Å². The van der Waals surface area contributed by atoms with Crippen LogP contribution in [0.5, 0.6) is 0 Å². The molecule has 86 valence electrons. The first kappa shape index (κ1) is 12.2. The van der Waals surface area contributed by atoms with Crippen molar-refractivity contribution in [1.82, 2.24) is 0 Å². The van der Waals surface area contributed by atoms with Gasteiger partial charge in [0, 0.05) is 15.9 Å². The Morgan fingerprint density at radius 1 is 1.56 bits per heavy atom. The average molecular weight is 350 g/mol. The van der Waals surface area contributed by atoms with Gasteiger partial charge in [0.15, 0.2) is 5.17 Å². The van der Waals surface area contributed by atoms with Gasteiger partial charge in [-0.15, -0.1) is 0 Å². The fourth-order valence-corrected chi connectivity index (χ4v) is 2.85. The van der Waals surface area contributed by atoms with Crippen LogP contribution in [0.4, 0.5) is 10.1 Å². The second-order valence-electron chi connectivity index (χ2n) is 3.81. The van der Waals surface area contributed by atoms with E-state index in [0.29, 0.717) is 5.92 Å². The van der Waals surface area contributed by atoms with Crippen LogP contribution in [0.1, 0.15) is 6.92 Å². The maximum absolute atomic E-state index is 12.9. The minimum Gasteiger partial charge on any atom is -0.334 e. The number of halogens is 2. The third kappa shape index (κ3) is 3.10. The van der Waals surface area contributed by atoms with Gasteiger partial charge in [-0.1, -0.05) is 18.7 Å². The molecule has 0 amide bonds. The lowest BCUT2D eigenvalue weighted by Crippen LogP contribution is -2.19. The lowest BCUT2D eigenvalue weighted by atomic mass is 10.2. The van der Waals surface area contributed by atoms with Crippen molar-refractivity contribution in [3.05, 3.63) is 27.6 Å². The van der Waals surface area contributed by atoms with Crippen molar-refractivity contribution in [2.24, 2.45) is 10.9 Å². The van der Waals surface area contributed by atoms with Crippen molar-refractivity contribution in [1.29, 1.82) is 0 Å². The highest BCUT2D eigenvalue weighted by molar-refractivity contribution is 14.1. The number of hydrogen-bond donors (Lipinski definition) is 1. The molecule has 0 aliphatic carbocycles. The van der Waals surface area contributed by atoms with Crippen molar-refractivity contribution >= 4 is 45.2 Å². The van der Waals surface area contributed by atoms with Crippen molar-refractivity contribution in [2.75, 3.05) is 17.6 Å². The molecule has 0 aromatic heterocycles. The lowest BCUT2D eigenvalue weighted by molar-refractivity contribution is 0.627. The van der Waals surface area contributed by atoms with Gasteiger partial charge >= 0.3 is 0 Å². The van der Waals surface area contributed by atoms with Crippen LogP contribution in [0, 0.1) is 15.3 Å². The number of aliphatic imine (C=N–C) groups is 1. The predicted octanol–water partition coefficient (Wildman–Crippen LogP) is 3.58. The molecule has 0 radical (unpaired) electrons. The molecule has 0 saturated carbocycles. The second kappa shape index (κ2) is 5.35. The van der Waals surface area contributed by atoms with E-state index in [9.17, 15) is 4.39 Å². The molecular formula is C11H12FIN2S. The maximum Gasteiger partial charge on any atom is 0.161 e. The van der Waals surface area contributed by atoms with Gasteiger partial charge in [0.25, 0.3) is 0 Å². The van der Waals surface area contributed by atoms with Gasteiger partial charge in [0.05, 0.1) is 5.69 Å². The molecule has 1 heterocycles. The topological polar surface area (TPSA) is 24.4 Å². The number of rotatable bonds is 1. The molecule has 2 nitrogen and oxygen atoms in total. The minimum atomic E-state index is -0.207. The normalized spacial score (nSPS) is 20.4. The fraction of sp³-hybridized carbons (Fsp3) is 0.364. The zero-order valence-electron chi connectivity index (χ0n) is 8.84. The molecule has 0 saturated heterocycles. The van der Waals surface area contributed by atoms with E-state index in [-0.39, 0.29) is 5.82 Å². The number of nitrogens with zero attached hydrogens (tertiary/aromatic N) is 1. The van der Waals surface area contributed by atoms with Crippen molar-refractivity contribution in [3.63, 3.8) is 0 Å². The summed E-state index contributed by atoms with van der Waals surface area (Å²) < 4.78 is 13.8. The van der Waals surface area contributed by atoms with Crippen LogP contribution in [0.25, 0.3) is 0 Å². The summed E-state index contributed by atoms with van der Waals surface area (Å²) in [5.41, 5.74) is 0.919. The molecule has 1 atom stereocenters. The number of nitrogens with one attached hydrogen (secondary N) is 1. The number of hydrogen-bond acceptors (Lipinski definition) is 3. The Morgan fingerprint density at radius 2 is 2.38 bits per heavy atom. The van der Waals surface area contributed by atoms with Crippen LogP contribution in [0.15, 0.2) is 23.2 Å². The van der Waals surface area contributed by atoms with Crippen LogP contribution in [-0.4, -0.2) is 17.5 Å². The molecule has 16 heavy (non-hydrogen) atoms. The highest BCUT2D eigenvalue weighted by Crippen LogP contribution is 2.23. The summed E-state index contributed by atoms with van der Waals surface area (Å²) in [7, 11) is 0. The second-order valence-corrected chi connectivity index (χ2v) is 5.98. The van der Waals surface area contributed by atoms with E-state index in [2.05, 4.69) is 39.8 Å². The summed E-state index contributed by atoms with van der Waals surface area (Å²) in [6, 6.07) is 4.72. The Morgan fingerprint density at radius 3 is 3.00 bits per heavy atom. The van der Waals surface area contributed by atoms with Crippen LogP contribution in [0.3, 0.4) is 0 Å². The summed E-state index contributed by atoms with van der Waals surface area (Å²) >= 11 is 3.84. The Balaban J connectivity index is 2.09. The largest absolute Gasteiger partial charge is 0.334 e. The lowest BCUT2D eigenvalue weighted by Gasteiger charge is -2.18. The molecule has 5 heteroatoms. The van der Waals surface area contributed by atoms with E-state index in [1.807, 2.05) is 0 Å². The fourth-order valence-electron chi connectivity index (χ4n) is 1.34. The van der Waals surface area contributed by atoms with Gasteiger partial charge in [-0.3, -0.25) is 4.99 Å². The SMILES string of the molecule is CC1CN=C(Nc2ccc(F)cc2I)SC1. The van der Waals surface area contributed by atoms with Crippen LogP contribution in [0.2, 0.25) is 0 Å². The monoisotopic (exact) mass is 350 g/mol.